The van der Waals surface area contributed by atoms with Gasteiger partial charge in [0.25, 0.3) is 5.91 Å². The lowest BCUT2D eigenvalue weighted by atomic mass is 10.1. The monoisotopic (exact) mass is 305 g/mol. The van der Waals surface area contributed by atoms with Gasteiger partial charge in [-0.1, -0.05) is 29.3 Å². The van der Waals surface area contributed by atoms with Crippen molar-refractivity contribution in [2.75, 3.05) is 11.1 Å². The fourth-order valence-electron chi connectivity index (χ4n) is 1.66. The van der Waals surface area contributed by atoms with E-state index < -0.39 is 5.91 Å². The van der Waals surface area contributed by atoms with Crippen LogP contribution in [-0.4, -0.2) is 5.91 Å². The summed E-state index contributed by atoms with van der Waals surface area (Å²) >= 11 is 11.9. The zero-order valence-electron chi connectivity index (χ0n) is 10.2. The number of hydrogen-bond donors (Lipinski definition) is 2. The van der Waals surface area contributed by atoms with E-state index in [0.717, 1.165) is 0 Å². The molecule has 6 heteroatoms. The standard InChI is InChI=1S/C14H9Cl2N3O/c15-10-2-1-3-12(18)13(10)14(20)19-9-5-4-8(7-17)11(16)6-9/h1-6H,18H2,(H,19,20). The number of nitrogen functional groups attached to an aromatic ring is 1. The highest BCUT2D eigenvalue weighted by Crippen LogP contribution is 2.25. The smallest absolute Gasteiger partial charge is 0.259 e. The molecule has 3 N–H and O–H groups in total. The molecule has 2 rings (SSSR count). The fraction of sp³-hybridized carbons (Fsp3) is 0. The van der Waals surface area contributed by atoms with Gasteiger partial charge in [0.1, 0.15) is 6.07 Å². The molecule has 0 aromatic heterocycles. The molecule has 2 aromatic carbocycles. The lowest BCUT2D eigenvalue weighted by Gasteiger charge is -2.09. The SMILES string of the molecule is N#Cc1ccc(NC(=O)c2c(N)cccc2Cl)cc1Cl. The zero-order chi connectivity index (χ0) is 14.7. The van der Waals surface area contributed by atoms with Crippen molar-refractivity contribution >= 4 is 40.5 Å². The minimum Gasteiger partial charge on any atom is -0.398 e. The maximum absolute atomic E-state index is 12.1. The maximum atomic E-state index is 12.1. The molecule has 0 saturated heterocycles. The van der Waals surface area contributed by atoms with Gasteiger partial charge < -0.3 is 11.1 Å². The summed E-state index contributed by atoms with van der Waals surface area (Å²) in [5.41, 5.74) is 7.02. The number of anilines is 2. The average molecular weight is 306 g/mol. The van der Waals surface area contributed by atoms with E-state index in [9.17, 15) is 4.79 Å². The molecular formula is C14H9Cl2N3O. The molecule has 4 nitrogen and oxygen atoms in total. The topological polar surface area (TPSA) is 78.9 Å². The number of carbonyl (C=O) groups excluding carboxylic acids is 1. The van der Waals surface area contributed by atoms with Crippen LogP contribution in [0.4, 0.5) is 11.4 Å². The van der Waals surface area contributed by atoms with Crippen molar-refractivity contribution in [3.63, 3.8) is 0 Å². The van der Waals surface area contributed by atoms with Crippen molar-refractivity contribution in [3.05, 3.63) is 57.6 Å². The lowest BCUT2D eigenvalue weighted by molar-refractivity contribution is 0.102. The van der Waals surface area contributed by atoms with Crippen molar-refractivity contribution in [3.8, 4) is 6.07 Å². The Morgan fingerprint density at radius 2 is 1.95 bits per heavy atom. The number of halogens is 2. The number of nitrogens with zero attached hydrogens (tertiary/aromatic N) is 1. The third-order valence-corrected chi connectivity index (χ3v) is 3.25. The van der Waals surface area contributed by atoms with Crippen molar-refractivity contribution < 1.29 is 4.79 Å². The van der Waals surface area contributed by atoms with Crippen molar-refractivity contribution in [1.82, 2.24) is 0 Å². The van der Waals surface area contributed by atoms with Crippen LogP contribution in [0, 0.1) is 11.3 Å². The van der Waals surface area contributed by atoms with Crippen LogP contribution in [0.1, 0.15) is 15.9 Å². The van der Waals surface area contributed by atoms with E-state index in [4.69, 9.17) is 34.2 Å². The summed E-state index contributed by atoms with van der Waals surface area (Å²) in [5, 5.41) is 11.9. The summed E-state index contributed by atoms with van der Waals surface area (Å²) in [6, 6.07) is 11.4. The number of carbonyl (C=O) groups is 1. The third-order valence-electron chi connectivity index (χ3n) is 2.62. The van der Waals surface area contributed by atoms with Gasteiger partial charge in [-0.25, -0.2) is 0 Å². The van der Waals surface area contributed by atoms with Crippen molar-refractivity contribution in [1.29, 1.82) is 5.26 Å². The largest absolute Gasteiger partial charge is 0.398 e. The number of nitriles is 1. The number of rotatable bonds is 2. The van der Waals surface area contributed by atoms with Crippen LogP contribution in [0.2, 0.25) is 10.0 Å². The Hall–Kier alpha value is -2.22. The van der Waals surface area contributed by atoms with E-state index >= 15 is 0 Å². The molecule has 0 aliphatic rings. The summed E-state index contributed by atoms with van der Waals surface area (Å²) < 4.78 is 0. The zero-order valence-corrected chi connectivity index (χ0v) is 11.7. The molecule has 100 valence electrons. The van der Waals surface area contributed by atoms with Crippen LogP contribution in [0.3, 0.4) is 0 Å². The second kappa shape index (κ2) is 5.83. The molecule has 0 fully saturated rings. The van der Waals surface area contributed by atoms with Crippen LogP contribution >= 0.6 is 23.2 Å². The first-order valence-corrected chi connectivity index (χ1v) is 6.33. The fourth-order valence-corrected chi connectivity index (χ4v) is 2.15. The predicted octanol–water partition coefficient (Wildman–Crippen LogP) is 3.70. The summed E-state index contributed by atoms with van der Waals surface area (Å²) in [5.74, 6) is -0.436. The van der Waals surface area contributed by atoms with E-state index in [-0.39, 0.29) is 21.3 Å². The van der Waals surface area contributed by atoms with E-state index in [0.29, 0.717) is 11.3 Å². The second-order valence-corrected chi connectivity index (χ2v) is 4.78. The summed E-state index contributed by atoms with van der Waals surface area (Å²) in [6.07, 6.45) is 0. The number of hydrogen-bond acceptors (Lipinski definition) is 3. The first kappa shape index (κ1) is 14.2. The lowest BCUT2D eigenvalue weighted by Crippen LogP contribution is -2.14. The Morgan fingerprint density at radius 3 is 2.55 bits per heavy atom. The first-order valence-electron chi connectivity index (χ1n) is 5.58. The van der Waals surface area contributed by atoms with Crippen LogP contribution in [0.25, 0.3) is 0 Å². The molecule has 20 heavy (non-hydrogen) atoms. The molecule has 0 spiro atoms. The third kappa shape index (κ3) is 2.85. The number of nitrogens with two attached hydrogens (primary N) is 1. The molecule has 1 amide bonds. The molecule has 0 aliphatic heterocycles. The molecule has 0 bridgehead atoms. The van der Waals surface area contributed by atoms with Gasteiger partial charge in [0, 0.05) is 11.4 Å². The minimum absolute atomic E-state index is 0.203. The van der Waals surface area contributed by atoms with E-state index in [1.54, 1.807) is 24.3 Å². The van der Waals surface area contributed by atoms with Gasteiger partial charge in [-0.2, -0.15) is 5.26 Å². The Morgan fingerprint density at radius 1 is 1.20 bits per heavy atom. The number of amides is 1. The van der Waals surface area contributed by atoms with Gasteiger partial charge >= 0.3 is 0 Å². The van der Waals surface area contributed by atoms with E-state index in [1.807, 2.05) is 6.07 Å². The van der Waals surface area contributed by atoms with Gasteiger partial charge in [0.15, 0.2) is 0 Å². The van der Waals surface area contributed by atoms with E-state index in [1.165, 1.54) is 12.1 Å². The molecule has 0 unspecified atom stereocenters. The number of benzene rings is 2. The second-order valence-electron chi connectivity index (χ2n) is 3.96. The highest BCUT2D eigenvalue weighted by molar-refractivity contribution is 6.35. The summed E-state index contributed by atoms with van der Waals surface area (Å²) in [6.45, 7) is 0. The number of nitrogens with one attached hydrogen (secondary N) is 1. The Bertz CT molecular complexity index is 703. The van der Waals surface area contributed by atoms with Crippen LogP contribution < -0.4 is 11.1 Å². The highest BCUT2D eigenvalue weighted by Gasteiger charge is 2.14. The minimum atomic E-state index is -0.436. The van der Waals surface area contributed by atoms with Crippen LogP contribution in [0.15, 0.2) is 36.4 Å². The maximum Gasteiger partial charge on any atom is 0.259 e. The molecular weight excluding hydrogens is 297 g/mol. The average Bonchev–Trinajstić information content (AvgIpc) is 2.38. The molecule has 0 aliphatic carbocycles. The molecule has 0 heterocycles. The van der Waals surface area contributed by atoms with Gasteiger partial charge in [-0.05, 0) is 30.3 Å². The van der Waals surface area contributed by atoms with Gasteiger partial charge in [0.05, 0.1) is 21.2 Å². The van der Waals surface area contributed by atoms with Crippen LogP contribution in [0.5, 0.6) is 0 Å². The van der Waals surface area contributed by atoms with Crippen LogP contribution in [-0.2, 0) is 0 Å². The Kier molecular flexibility index (Phi) is 4.14. The quantitative estimate of drug-likeness (QED) is 0.830. The summed E-state index contributed by atoms with van der Waals surface area (Å²) in [7, 11) is 0. The van der Waals surface area contributed by atoms with Gasteiger partial charge in [-0.3, -0.25) is 4.79 Å². The van der Waals surface area contributed by atoms with Crippen molar-refractivity contribution in [2.45, 2.75) is 0 Å². The summed E-state index contributed by atoms with van der Waals surface area (Å²) in [4.78, 5) is 12.1. The first-order chi connectivity index (χ1) is 9.52. The molecule has 0 radical (unpaired) electrons. The van der Waals surface area contributed by atoms with Gasteiger partial charge in [0.2, 0.25) is 0 Å². The molecule has 2 aromatic rings. The normalized spacial score (nSPS) is 9.85. The van der Waals surface area contributed by atoms with E-state index in [2.05, 4.69) is 5.32 Å². The Balaban J connectivity index is 2.29. The van der Waals surface area contributed by atoms with Gasteiger partial charge in [-0.15, -0.1) is 0 Å². The molecule has 0 atom stereocenters. The molecule has 0 saturated carbocycles. The van der Waals surface area contributed by atoms with Crippen molar-refractivity contribution in [2.24, 2.45) is 0 Å². The highest BCUT2D eigenvalue weighted by atomic mass is 35.5. The predicted molar refractivity (Wildman–Crippen MR) is 80.0 cm³/mol. The Labute approximate surface area is 125 Å².